The number of hydrogen-bond donors (Lipinski definition) is 0. The zero-order chi connectivity index (χ0) is 19.8. The van der Waals surface area contributed by atoms with E-state index in [1.807, 2.05) is 0 Å². The molecule has 0 saturated heterocycles. The van der Waals surface area contributed by atoms with Gasteiger partial charge in [0, 0.05) is 21.5 Å². The first-order valence-electron chi connectivity index (χ1n) is 8.27. The Bertz CT molecular complexity index is 1160. The molecular formula is C20H12BrNO6. The molecule has 0 bridgehead atoms. The van der Waals surface area contributed by atoms with Gasteiger partial charge in [-0.1, -0.05) is 28.1 Å². The van der Waals surface area contributed by atoms with Crippen LogP contribution >= 0.6 is 15.9 Å². The molecular weight excluding hydrogens is 430 g/mol. The number of fused-ring (bicyclic) bond motifs is 2. The maximum absolute atomic E-state index is 12.3. The summed E-state index contributed by atoms with van der Waals surface area (Å²) >= 11 is 3.30. The third-order valence-corrected chi connectivity index (χ3v) is 4.84. The fourth-order valence-corrected chi connectivity index (χ4v) is 3.38. The molecule has 7 nitrogen and oxygen atoms in total. The predicted molar refractivity (Wildman–Crippen MR) is 102 cm³/mol. The molecule has 0 atom stereocenters. The number of imide groups is 1. The zero-order valence-corrected chi connectivity index (χ0v) is 15.9. The van der Waals surface area contributed by atoms with E-state index in [1.165, 1.54) is 18.2 Å². The summed E-state index contributed by atoms with van der Waals surface area (Å²) in [7, 11) is 0. The lowest BCUT2D eigenvalue weighted by Gasteiger charge is -2.13. The predicted octanol–water partition coefficient (Wildman–Crippen LogP) is 2.89. The van der Waals surface area contributed by atoms with E-state index in [0.29, 0.717) is 16.5 Å². The second kappa shape index (κ2) is 7.05. The molecule has 0 radical (unpaired) electrons. The van der Waals surface area contributed by atoms with Crippen molar-refractivity contribution in [2.24, 2.45) is 0 Å². The van der Waals surface area contributed by atoms with Crippen LogP contribution in [0.15, 0.2) is 62.2 Å². The average molecular weight is 442 g/mol. The number of amides is 2. The second-order valence-corrected chi connectivity index (χ2v) is 7.05. The molecule has 4 rings (SSSR count). The van der Waals surface area contributed by atoms with E-state index in [-0.39, 0.29) is 17.7 Å². The summed E-state index contributed by atoms with van der Waals surface area (Å²) in [5.74, 6) is -1.82. The molecule has 2 heterocycles. The molecule has 8 heteroatoms. The van der Waals surface area contributed by atoms with Crippen molar-refractivity contribution in [2.75, 3.05) is 6.54 Å². The van der Waals surface area contributed by atoms with Gasteiger partial charge in [0.2, 0.25) is 0 Å². The van der Waals surface area contributed by atoms with Crippen molar-refractivity contribution in [1.82, 2.24) is 4.90 Å². The van der Waals surface area contributed by atoms with E-state index in [1.54, 1.807) is 30.3 Å². The van der Waals surface area contributed by atoms with E-state index in [0.717, 1.165) is 9.37 Å². The molecule has 1 aliphatic heterocycles. The molecule has 2 aromatic carbocycles. The minimum atomic E-state index is -0.756. The Morgan fingerprint density at radius 3 is 2.36 bits per heavy atom. The van der Waals surface area contributed by atoms with Gasteiger partial charge in [0.1, 0.15) is 18.7 Å². The largest absolute Gasteiger partial charge is 0.459 e. The van der Waals surface area contributed by atoms with Gasteiger partial charge in [0.15, 0.2) is 0 Å². The van der Waals surface area contributed by atoms with Crippen LogP contribution in [-0.2, 0) is 16.1 Å². The van der Waals surface area contributed by atoms with Crippen molar-refractivity contribution in [3.8, 4) is 0 Å². The van der Waals surface area contributed by atoms with Gasteiger partial charge in [0.05, 0.1) is 11.1 Å². The Labute approximate surface area is 166 Å². The van der Waals surface area contributed by atoms with E-state index < -0.39 is 30.0 Å². The van der Waals surface area contributed by atoms with Gasteiger partial charge in [-0.25, -0.2) is 4.79 Å². The van der Waals surface area contributed by atoms with E-state index in [2.05, 4.69) is 15.9 Å². The van der Waals surface area contributed by atoms with Crippen molar-refractivity contribution in [2.45, 2.75) is 6.61 Å². The van der Waals surface area contributed by atoms with Gasteiger partial charge in [-0.15, -0.1) is 0 Å². The Balaban J connectivity index is 1.49. The first kappa shape index (κ1) is 18.1. The number of hydrogen-bond acceptors (Lipinski definition) is 6. The Morgan fingerprint density at radius 1 is 1.00 bits per heavy atom. The number of halogens is 1. The van der Waals surface area contributed by atoms with Crippen LogP contribution in [-0.4, -0.2) is 29.2 Å². The summed E-state index contributed by atoms with van der Waals surface area (Å²) in [4.78, 5) is 49.4. The molecule has 140 valence electrons. The van der Waals surface area contributed by atoms with Gasteiger partial charge in [-0.3, -0.25) is 19.3 Å². The molecule has 0 unspecified atom stereocenters. The Morgan fingerprint density at radius 2 is 1.68 bits per heavy atom. The smallest absolute Gasteiger partial charge is 0.336 e. The fourth-order valence-electron chi connectivity index (χ4n) is 3.04. The fraction of sp³-hybridized carbons (Fsp3) is 0.100. The zero-order valence-electron chi connectivity index (χ0n) is 14.3. The van der Waals surface area contributed by atoms with Crippen molar-refractivity contribution >= 4 is 44.7 Å². The van der Waals surface area contributed by atoms with Gasteiger partial charge in [-0.05, 0) is 30.3 Å². The molecule has 0 N–H and O–H groups in total. The number of carbonyl (C=O) groups excluding carboxylic acids is 3. The van der Waals surface area contributed by atoms with Gasteiger partial charge >= 0.3 is 11.6 Å². The number of nitrogens with zero attached hydrogens (tertiary/aromatic N) is 1. The molecule has 0 aliphatic carbocycles. The second-order valence-electron chi connectivity index (χ2n) is 6.13. The number of rotatable bonds is 4. The Hall–Kier alpha value is -3.26. The van der Waals surface area contributed by atoms with Crippen LogP contribution in [0.2, 0.25) is 0 Å². The van der Waals surface area contributed by atoms with Gasteiger partial charge in [-0.2, -0.15) is 0 Å². The van der Waals surface area contributed by atoms with E-state index in [4.69, 9.17) is 9.15 Å². The summed E-state index contributed by atoms with van der Waals surface area (Å²) in [6.07, 6.45) is 0. The minimum absolute atomic E-state index is 0.189. The first-order valence-corrected chi connectivity index (χ1v) is 9.06. The van der Waals surface area contributed by atoms with Crippen LogP contribution in [0.25, 0.3) is 11.0 Å². The standard InChI is InChI=1S/C20H12BrNO6/c21-12-5-6-13-11(7-17(23)28-16(13)8-12)10-27-18(24)9-22-19(25)14-3-1-2-4-15(14)20(22)26/h1-8H,9-10H2. The molecule has 1 aromatic heterocycles. The van der Waals surface area contributed by atoms with Crippen LogP contribution in [0.3, 0.4) is 0 Å². The van der Waals surface area contributed by atoms with E-state index in [9.17, 15) is 19.2 Å². The lowest BCUT2D eigenvalue weighted by atomic mass is 10.1. The lowest BCUT2D eigenvalue weighted by molar-refractivity contribution is -0.145. The molecule has 0 spiro atoms. The first-order chi connectivity index (χ1) is 13.4. The summed E-state index contributed by atoms with van der Waals surface area (Å²) in [5, 5.41) is 0.622. The normalized spacial score (nSPS) is 13.1. The van der Waals surface area contributed by atoms with Crippen LogP contribution in [0.5, 0.6) is 0 Å². The van der Waals surface area contributed by atoms with Crippen LogP contribution in [0.4, 0.5) is 0 Å². The molecule has 28 heavy (non-hydrogen) atoms. The van der Waals surface area contributed by atoms with Crippen molar-refractivity contribution in [3.05, 3.63) is 80.1 Å². The summed E-state index contributed by atoms with van der Waals surface area (Å²) in [6.45, 7) is -0.691. The maximum Gasteiger partial charge on any atom is 0.336 e. The molecule has 3 aromatic rings. The highest BCUT2D eigenvalue weighted by Crippen LogP contribution is 2.23. The van der Waals surface area contributed by atoms with Gasteiger partial charge < -0.3 is 9.15 Å². The molecule has 0 fully saturated rings. The number of esters is 1. The highest BCUT2D eigenvalue weighted by Gasteiger charge is 2.36. The number of benzene rings is 2. The average Bonchev–Trinajstić information content (AvgIpc) is 2.91. The number of carbonyl (C=O) groups is 3. The SMILES string of the molecule is O=C(CN1C(=O)c2ccccc2C1=O)OCc1cc(=O)oc2cc(Br)ccc12. The highest BCUT2D eigenvalue weighted by molar-refractivity contribution is 9.10. The van der Waals surface area contributed by atoms with E-state index >= 15 is 0 Å². The summed E-state index contributed by atoms with van der Waals surface area (Å²) < 4.78 is 11.1. The van der Waals surface area contributed by atoms with Gasteiger partial charge in [0.25, 0.3) is 11.8 Å². The highest BCUT2D eigenvalue weighted by atomic mass is 79.9. The molecule has 2 amide bonds. The maximum atomic E-state index is 12.3. The molecule has 0 saturated carbocycles. The van der Waals surface area contributed by atoms with Crippen LogP contribution in [0.1, 0.15) is 26.3 Å². The number of ether oxygens (including phenoxy) is 1. The Kier molecular flexibility index (Phi) is 4.56. The lowest BCUT2D eigenvalue weighted by Crippen LogP contribution is -2.35. The third kappa shape index (κ3) is 3.22. The summed E-state index contributed by atoms with van der Waals surface area (Å²) in [5.41, 5.74) is 0.773. The van der Waals surface area contributed by atoms with Crippen molar-refractivity contribution < 1.29 is 23.5 Å². The summed E-state index contributed by atoms with van der Waals surface area (Å²) in [6, 6.07) is 12.8. The third-order valence-electron chi connectivity index (χ3n) is 4.35. The van der Waals surface area contributed by atoms with Crippen LogP contribution < -0.4 is 5.63 Å². The van der Waals surface area contributed by atoms with Crippen molar-refractivity contribution in [3.63, 3.8) is 0 Å². The quantitative estimate of drug-likeness (QED) is 0.351. The molecule has 1 aliphatic rings. The monoisotopic (exact) mass is 441 g/mol. The van der Waals surface area contributed by atoms with Crippen molar-refractivity contribution in [1.29, 1.82) is 0 Å². The minimum Gasteiger partial charge on any atom is -0.459 e. The van der Waals surface area contributed by atoms with Crippen LogP contribution in [0, 0.1) is 0 Å². The topological polar surface area (TPSA) is 93.9 Å².